The number of carbonyl (C=O) groups is 2. The van der Waals surface area contributed by atoms with Gasteiger partial charge in [0.15, 0.2) is 8.32 Å². The lowest BCUT2D eigenvalue weighted by atomic mass is 9.90. The van der Waals surface area contributed by atoms with E-state index in [4.69, 9.17) is 31.5 Å². The number of hydrogen-bond donors (Lipinski definition) is 0. The molecule has 0 bridgehead atoms. The maximum atomic E-state index is 14.1. The third-order valence-corrected chi connectivity index (χ3v) is 15.9. The van der Waals surface area contributed by atoms with Gasteiger partial charge >= 0.3 is 11.9 Å². The smallest absolute Gasteiger partial charge is 0.328 e. The number of terminal acetylenes is 2. The zero-order chi connectivity index (χ0) is 35.6. The van der Waals surface area contributed by atoms with Crippen molar-refractivity contribution in [3.63, 3.8) is 0 Å². The monoisotopic (exact) mass is 706 g/mol. The van der Waals surface area contributed by atoms with Crippen molar-refractivity contribution < 1.29 is 36.6 Å². The van der Waals surface area contributed by atoms with Crippen LogP contribution in [-0.2, 0) is 50.3 Å². The number of carbonyl (C=O) groups excluding carboxylic acids is 2. The molecule has 0 aliphatic carbocycles. The minimum Gasteiger partial charge on any atom is -0.460 e. The Kier molecular flexibility index (Phi) is 13.3. The van der Waals surface area contributed by atoms with Crippen LogP contribution in [0.25, 0.3) is 0 Å². The molecule has 0 heterocycles. The summed E-state index contributed by atoms with van der Waals surface area (Å²) in [4.78, 5) is 28.2. The average Bonchev–Trinajstić information content (AvgIpc) is 3.06. The van der Waals surface area contributed by atoms with Crippen molar-refractivity contribution in [3.05, 3.63) is 101 Å². The highest BCUT2D eigenvalue weighted by atomic mass is 33.1. The van der Waals surface area contributed by atoms with Crippen LogP contribution < -0.4 is 0 Å². The van der Waals surface area contributed by atoms with E-state index in [2.05, 4.69) is 11.8 Å². The lowest BCUT2D eigenvalue weighted by Crippen LogP contribution is -2.53. The molecule has 0 atom stereocenters. The molecule has 0 unspecified atom stereocenters. The molecule has 0 aromatic heterocycles. The highest BCUT2D eigenvalue weighted by Gasteiger charge is 2.52. The molecule has 3 aromatic rings. The first-order chi connectivity index (χ1) is 22.5. The molecule has 0 saturated heterocycles. The average molecular weight is 707 g/mol. The van der Waals surface area contributed by atoms with Crippen LogP contribution in [0.3, 0.4) is 0 Å². The zero-order valence-corrected chi connectivity index (χ0v) is 30.8. The molecular weight excluding hydrogens is 665 g/mol. The van der Waals surface area contributed by atoms with Gasteiger partial charge in [-0.05, 0) is 72.6 Å². The van der Waals surface area contributed by atoms with Crippen LogP contribution in [-0.4, -0.2) is 47.8 Å². The van der Waals surface area contributed by atoms with Crippen LogP contribution in [0.1, 0.15) is 48.6 Å². The SMILES string of the molecule is C#Cc1ccc(COC(=O)C(COCSS(=O)(=O)c2ccc(C)cc2)(CO[Si](C)(C)C(C)(C)C)C(=O)OCc2ccc(C#C)cc2)cc1. The molecule has 3 aromatic carbocycles. The van der Waals surface area contributed by atoms with Gasteiger partial charge in [0.25, 0.3) is 0 Å². The molecule has 0 N–H and O–H groups in total. The zero-order valence-electron chi connectivity index (χ0n) is 28.2. The second-order valence-electron chi connectivity index (χ2n) is 12.8. The predicted octanol–water partition coefficient (Wildman–Crippen LogP) is 6.85. The van der Waals surface area contributed by atoms with Crippen LogP contribution >= 0.6 is 10.8 Å². The maximum Gasteiger partial charge on any atom is 0.328 e. The molecule has 0 spiro atoms. The van der Waals surface area contributed by atoms with Crippen LogP contribution in [0.2, 0.25) is 18.1 Å². The lowest BCUT2D eigenvalue weighted by Gasteiger charge is -2.39. The first kappa shape index (κ1) is 38.6. The Morgan fingerprint density at radius 2 is 1.23 bits per heavy atom. The largest absolute Gasteiger partial charge is 0.460 e. The normalized spacial score (nSPS) is 12.1. The summed E-state index contributed by atoms with van der Waals surface area (Å²) in [5.74, 6) is 2.83. The Balaban J connectivity index is 1.92. The van der Waals surface area contributed by atoms with Crippen molar-refractivity contribution >= 4 is 39.9 Å². The first-order valence-electron chi connectivity index (χ1n) is 15.2. The quantitative estimate of drug-likeness (QED) is 0.0319. The van der Waals surface area contributed by atoms with Crippen LogP contribution in [0.15, 0.2) is 77.7 Å². The number of benzene rings is 3. The Morgan fingerprint density at radius 3 is 1.65 bits per heavy atom. The predicted molar refractivity (Wildman–Crippen MR) is 191 cm³/mol. The van der Waals surface area contributed by atoms with E-state index < -0.39 is 47.8 Å². The minimum absolute atomic E-state index is 0.111. The third kappa shape index (κ3) is 10.3. The van der Waals surface area contributed by atoms with Crippen molar-refractivity contribution in [3.8, 4) is 24.7 Å². The Morgan fingerprint density at radius 1 is 0.771 bits per heavy atom. The van der Waals surface area contributed by atoms with E-state index in [9.17, 15) is 18.0 Å². The van der Waals surface area contributed by atoms with Crippen molar-refractivity contribution in [2.24, 2.45) is 5.41 Å². The van der Waals surface area contributed by atoms with Gasteiger partial charge in [-0.25, -0.2) is 8.42 Å². The van der Waals surface area contributed by atoms with E-state index in [1.165, 1.54) is 12.1 Å². The van der Waals surface area contributed by atoms with Crippen molar-refractivity contribution in [2.75, 3.05) is 19.2 Å². The van der Waals surface area contributed by atoms with Crippen LogP contribution in [0.4, 0.5) is 0 Å². The molecule has 254 valence electrons. The summed E-state index contributed by atoms with van der Waals surface area (Å²) in [5, 5.41) is -0.261. The number of esters is 2. The summed E-state index contributed by atoms with van der Waals surface area (Å²) in [6.45, 7) is 10.6. The topological polar surface area (TPSA) is 105 Å². The molecule has 0 amide bonds. The van der Waals surface area contributed by atoms with E-state index in [0.29, 0.717) is 33.0 Å². The summed E-state index contributed by atoms with van der Waals surface area (Å²) >= 11 is 0. The summed E-state index contributed by atoms with van der Waals surface area (Å²) in [6.07, 6.45) is 10.9. The maximum absolute atomic E-state index is 14.1. The molecule has 0 aliphatic heterocycles. The summed E-state index contributed by atoms with van der Waals surface area (Å²) in [6, 6.07) is 20.2. The van der Waals surface area contributed by atoms with E-state index in [-0.39, 0.29) is 29.1 Å². The van der Waals surface area contributed by atoms with Gasteiger partial charge in [-0.2, -0.15) is 0 Å². The van der Waals surface area contributed by atoms with E-state index in [1.54, 1.807) is 60.7 Å². The highest BCUT2D eigenvalue weighted by molar-refractivity contribution is 8.72. The summed E-state index contributed by atoms with van der Waals surface area (Å²) in [5.41, 5.74) is 1.44. The van der Waals surface area contributed by atoms with Crippen LogP contribution in [0.5, 0.6) is 0 Å². The molecule has 0 fully saturated rings. The Labute approximate surface area is 289 Å². The van der Waals surface area contributed by atoms with Crippen molar-refractivity contribution in [1.29, 1.82) is 0 Å². The fourth-order valence-electron chi connectivity index (χ4n) is 3.94. The number of hydrogen-bond acceptors (Lipinski definition) is 9. The highest BCUT2D eigenvalue weighted by Crippen LogP contribution is 2.38. The molecule has 3 rings (SSSR count). The minimum atomic E-state index is -3.79. The number of ether oxygens (including phenoxy) is 3. The van der Waals surface area contributed by atoms with E-state index in [1.807, 2.05) is 40.8 Å². The molecule has 0 aliphatic rings. The molecule has 0 saturated carbocycles. The van der Waals surface area contributed by atoms with Gasteiger partial charge in [0.2, 0.25) is 14.3 Å². The van der Waals surface area contributed by atoms with Gasteiger partial charge in [0.05, 0.1) is 18.1 Å². The fraction of sp³-hybridized carbons (Fsp3) is 0.351. The van der Waals surface area contributed by atoms with Gasteiger partial charge in [0, 0.05) is 21.9 Å². The number of rotatable bonds is 15. The lowest BCUT2D eigenvalue weighted by molar-refractivity contribution is -0.181. The molecule has 11 heteroatoms. The third-order valence-electron chi connectivity index (χ3n) is 8.19. The van der Waals surface area contributed by atoms with Crippen LogP contribution in [0, 0.1) is 37.0 Å². The van der Waals surface area contributed by atoms with Gasteiger partial charge < -0.3 is 18.6 Å². The molecule has 8 nitrogen and oxygen atoms in total. The van der Waals surface area contributed by atoms with Gasteiger partial charge in [0.1, 0.15) is 19.2 Å². The Bertz CT molecular complexity index is 1670. The second-order valence-corrected chi connectivity index (χ2v) is 21.5. The molecule has 0 radical (unpaired) electrons. The fourth-order valence-corrected chi connectivity index (χ4v) is 7.19. The standard InChI is InChI=1S/C37H42O8S2Si/c1-9-29-13-17-31(18-14-29)23-43-34(38)37(26-45-48(7,8)36(4,5)6,35(39)44-24-32-19-15-30(10-2)16-20-32)25-42-27-46-47(40,41)33-21-11-28(3)12-22-33/h1-2,11-22H,23-27H2,3-8H3. The van der Waals surface area contributed by atoms with Gasteiger partial charge in [-0.15, -0.1) is 12.8 Å². The van der Waals surface area contributed by atoms with Gasteiger partial charge in [-0.3, -0.25) is 9.59 Å². The summed E-state index contributed by atoms with van der Waals surface area (Å²) < 4.78 is 49.6. The Hall–Kier alpha value is -3.84. The second kappa shape index (κ2) is 16.5. The first-order valence-corrected chi connectivity index (χ1v) is 21.1. The van der Waals surface area contributed by atoms with E-state index >= 15 is 0 Å². The molecular formula is C37H42O8S2Si. The molecule has 48 heavy (non-hydrogen) atoms. The number of aryl methyl sites for hydroxylation is 1. The van der Waals surface area contributed by atoms with Crippen molar-refractivity contribution in [2.45, 2.75) is 63.9 Å². The van der Waals surface area contributed by atoms with E-state index in [0.717, 1.165) is 5.56 Å². The summed E-state index contributed by atoms with van der Waals surface area (Å²) in [7, 11) is -5.79. The van der Waals surface area contributed by atoms with Crippen molar-refractivity contribution in [1.82, 2.24) is 0 Å². The van der Waals surface area contributed by atoms with Gasteiger partial charge in [-0.1, -0.05) is 74.6 Å².